The summed E-state index contributed by atoms with van der Waals surface area (Å²) in [4.78, 5) is 12.4. The molecule has 0 aliphatic rings. The van der Waals surface area contributed by atoms with E-state index in [-0.39, 0.29) is 11.3 Å². The Morgan fingerprint density at radius 1 is 1.08 bits per heavy atom. The first-order valence-electron chi connectivity index (χ1n) is 7.87. The van der Waals surface area contributed by atoms with Crippen LogP contribution in [0.25, 0.3) is 0 Å². The summed E-state index contributed by atoms with van der Waals surface area (Å²) in [5.41, 5.74) is 4.99. The SMILES string of the molecule is Cc1cc(C)c(NC(=O)/C(C#N)=C\Nc2cc(C)ccc2O)c(C)c1. The van der Waals surface area contributed by atoms with Gasteiger partial charge in [-0.25, -0.2) is 0 Å². The number of carbonyl (C=O) groups excluding carboxylic acids is 1. The van der Waals surface area contributed by atoms with Crippen molar-refractivity contribution in [1.82, 2.24) is 0 Å². The molecule has 0 aromatic heterocycles. The first-order valence-corrected chi connectivity index (χ1v) is 7.87. The zero-order valence-corrected chi connectivity index (χ0v) is 14.8. The molecule has 0 aliphatic heterocycles. The third-order valence-corrected chi connectivity index (χ3v) is 3.80. The largest absolute Gasteiger partial charge is 0.506 e. The number of phenols is 1. The first-order chi connectivity index (χ1) is 11.8. The van der Waals surface area contributed by atoms with Gasteiger partial charge in [0.2, 0.25) is 0 Å². The molecule has 0 saturated carbocycles. The number of aromatic hydroxyl groups is 1. The molecule has 0 heterocycles. The molecule has 2 aromatic carbocycles. The molecular formula is C20H21N3O2. The van der Waals surface area contributed by atoms with E-state index in [1.807, 2.05) is 45.9 Å². The number of hydrogen-bond donors (Lipinski definition) is 3. The van der Waals surface area contributed by atoms with E-state index in [1.54, 1.807) is 18.2 Å². The molecule has 1 amide bonds. The number of carbonyl (C=O) groups is 1. The summed E-state index contributed by atoms with van der Waals surface area (Å²) in [6, 6.07) is 10.9. The van der Waals surface area contributed by atoms with Crippen molar-refractivity contribution < 1.29 is 9.90 Å². The van der Waals surface area contributed by atoms with Crippen LogP contribution in [0, 0.1) is 39.0 Å². The summed E-state index contributed by atoms with van der Waals surface area (Å²) in [6.07, 6.45) is 1.29. The highest BCUT2D eigenvalue weighted by molar-refractivity contribution is 6.07. The van der Waals surface area contributed by atoms with Gasteiger partial charge in [-0.1, -0.05) is 23.8 Å². The van der Waals surface area contributed by atoms with Crippen molar-refractivity contribution >= 4 is 17.3 Å². The zero-order chi connectivity index (χ0) is 18.6. The number of nitrogens with zero attached hydrogens (tertiary/aromatic N) is 1. The maximum absolute atomic E-state index is 12.4. The van der Waals surface area contributed by atoms with Crippen molar-refractivity contribution in [2.45, 2.75) is 27.7 Å². The molecule has 0 atom stereocenters. The van der Waals surface area contributed by atoms with Gasteiger partial charge in [-0.2, -0.15) is 5.26 Å². The molecule has 25 heavy (non-hydrogen) atoms. The molecule has 0 fully saturated rings. The molecule has 0 saturated heterocycles. The molecule has 5 heteroatoms. The van der Waals surface area contributed by atoms with E-state index in [9.17, 15) is 15.2 Å². The maximum Gasteiger partial charge on any atom is 0.267 e. The molecule has 0 unspecified atom stereocenters. The molecule has 0 aliphatic carbocycles. The fourth-order valence-corrected chi connectivity index (χ4v) is 2.62. The van der Waals surface area contributed by atoms with Crippen LogP contribution in [-0.2, 0) is 4.79 Å². The quantitative estimate of drug-likeness (QED) is 0.446. The molecule has 128 valence electrons. The number of nitriles is 1. The van der Waals surface area contributed by atoms with Gasteiger partial charge in [0.25, 0.3) is 5.91 Å². The number of phenolic OH excluding ortho intramolecular Hbond substituents is 1. The molecule has 0 radical (unpaired) electrons. The number of hydrogen-bond acceptors (Lipinski definition) is 4. The van der Waals surface area contributed by atoms with Crippen LogP contribution in [0.5, 0.6) is 5.75 Å². The lowest BCUT2D eigenvalue weighted by atomic mass is 10.0. The van der Waals surface area contributed by atoms with Crippen molar-refractivity contribution in [3.05, 3.63) is 64.4 Å². The third kappa shape index (κ3) is 4.39. The van der Waals surface area contributed by atoms with Crippen molar-refractivity contribution in [2.75, 3.05) is 10.6 Å². The number of benzene rings is 2. The Hall–Kier alpha value is -3.26. The van der Waals surface area contributed by atoms with Crippen LogP contribution in [0.2, 0.25) is 0 Å². The minimum absolute atomic E-state index is 0.0461. The standard InChI is InChI=1S/C20H21N3O2/c1-12-5-6-18(24)17(9-12)22-11-16(10-21)20(25)23-19-14(3)7-13(2)8-15(19)4/h5-9,11,22,24H,1-4H3,(H,23,25)/b16-11-. The van der Waals surface area contributed by atoms with E-state index in [0.717, 1.165) is 22.3 Å². The van der Waals surface area contributed by atoms with E-state index in [4.69, 9.17) is 0 Å². The van der Waals surface area contributed by atoms with Gasteiger partial charge in [0.15, 0.2) is 0 Å². The number of amides is 1. The number of nitrogens with one attached hydrogen (secondary N) is 2. The van der Waals surface area contributed by atoms with Crippen molar-refractivity contribution in [3.63, 3.8) is 0 Å². The van der Waals surface area contributed by atoms with Crippen LogP contribution in [0.15, 0.2) is 42.1 Å². The normalized spacial score (nSPS) is 10.9. The van der Waals surface area contributed by atoms with E-state index in [1.165, 1.54) is 6.20 Å². The van der Waals surface area contributed by atoms with Crippen molar-refractivity contribution in [2.24, 2.45) is 0 Å². The average Bonchev–Trinajstić information content (AvgIpc) is 2.54. The second-order valence-electron chi connectivity index (χ2n) is 6.06. The number of rotatable bonds is 4. The highest BCUT2D eigenvalue weighted by Crippen LogP contribution is 2.25. The van der Waals surface area contributed by atoms with Crippen molar-refractivity contribution in [3.8, 4) is 11.8 Å². The molecule has 2 rings (SSSR count). The lowest BCUT2D eigenvalue weighted by Gasteiger charge is -2.12. The zero-order valence-electron chi connectivity index (χ0n) is 14.8. The van der Waals surface area contributed by atoms with Gasteiger partial charge in [-0.3, -0.25) is 4.79 Å². The maximum atomic E-state index is 12.4. The van der Waals surface area contributed by atoms with Gasteiger partial charge >= 0.3 is 0 Å². The fraction of sp³-hybridized carbons (Fsp3) is 0.200. The van der Waals surface area contributed by atoms with Crippen LogP contribution in [0.3, 0.4) is 0 Å². The highest BCUT2D eigenvalue weighted by atomic mass is 16.3. The summed E-state index contributed by atoms with van der Waals surface area (Å²) >= 11 is 0. The fourth-order valence-electron chi connectivity index (χ4n) is 2.62. The van der Waals surface area contributed by atoms with Crippen LogP contribution in [-0.4, -0.2) is 11.0 Å². The lowest BCUT2D eigenvalue weighted by molar-refractivity contribution is -0.112. The van der Waals surface area contributed by atoms with Gasteiger partial charge in [-0.15, -0.1) is 0 Å². The van der Waals surface area contributed by atoms with Gasteiger partial charge in [-0.05, 0) is 56.5 Å². The van der Waals surface area contributed by atoms with Crippen LogP contribution >= 0.6 is 0 Å². The Kier molecular flexibility index (Phi) is 5.45. The summed E-state index contributed by atoms with van der Waals surface area (Å²) in [5.74, 6) is -0.457. The van der Waals surface area contributed by atoms with E-state index in [2.05, 4.69) is 10.6 Å². The summed E-state index contributed by atoms with van der Waals surface area (Å²) in [5, 5.41) is 24.7. The van der Waals surface area contributed by atoms with Gasteiger partial charge in [0.05, 0.1) is 5.69 Å². The van der Waals surface area contributed by atoms with E-state index < -0.39 is 5.91 Å². The Morgan fingerprint density at radius 2 is 1.72 bits per heavy atom. The Labute approximate surface area is 147 Å². The Balaban J connectivity index is 2.22. The predicted molar refractivity (Wildman–Crippen MR) is 99.4 cm³/mol. The number of anilines is 2. The Morgan fingerprint density at radius 3 is 2.32 bits per heavy atom. The summed E-state index contributed by atoms with van der Waals surface area (Å²) in [7, 11) is 0. The topological polar surface area (TPSA) is 85.2 Å². The number of aryl methyl sites for hydroxylation is 4. The molecule has 5 nitrogen and oxygen atoms in total. The van der Waals surface area contributed by atoms with E-state index in [0.29, 0.717) is 11.4 Å². The third-order valence-electron chi connectivity index (χ3n) is 3.80. The molecule has 0 bridgehead atoms. The van der Waals surface area contributed by atoms with Crippen LogP contribution in [0.4, 0.5) is 11.4 Å². The summed E-state index contributed by atoms with van der Waals surface area (Å²) in [6.45, 7) is 7.70. The summed E-state index contributed by atoms with van der Waals surface area (Å²) < 4.78 is 0. The first kappa shape index (κ1) is 18.1. The Bertz CT molecular complexity index is 869. The monoisotopic (exact) mass is 335 g/mol. The average molecular weight is 335 g/mol. The van der Waals surface area contributed by atoms with E-state index >= 15 is 0 Å². The van der Waals surface area contributed by atoms with Crippen molar-refractivity contribution in [1.29, 1.82) is 5.26 Å². The van der Waals surface area contributed by atoms with Gasteiger partial charge in [0.1, 0.15) is 17.4 Å². The predicted octanol–water partition coefficient (Wildman–Crippen LogP) is 4.08. The molecule has 2 aromatic rings. The highest BCUT2D eigenvalue weighted by Gasteiger charge is 2.13. The minimum Gasteiger partial charge on any atom is -0.506 e. The second kappa shape index (κ2) is 7.54. The molecule has 3 N–H and O–H groups in total. The molecular weight excluding hydrogens is 314 g/mol. The molecule has 0 spiro atoms. The lowest BCUT2D eigenvalue weighted by Crippen LogP contribution is -2.16. The second-order valence-corrected chi connectivity index (χ2v) is 6.06. The van der Waals surface area contributed by atoms with Gasteiger partial charge < -0.3 is 15.7 Å². The van der Waals surface area contributed by atoms with Crippen LogP contribution < -0.4 is 10.6 Å². The van der Waals surface area contributed by atoms with Gasteiger partial charge in [0, 0.05) is 11.9 Å². The minimum atomic E-state index is -0.503. The van der Waals surface area contributed by atoms with Crippen LogP contribution in [0.1, 0.15) is 22.3 Å². The smallest absolute Gasteiger partial charge is 0.267 e.